The van der Waals surface area contributed by atoms with Crippen LogP contribution in [0.4, 0.5) is 64.6 Å². The minimum atomic E-state index is -1.08. The molecule has 6 atom stereocenters. The van der Waals surface area contributed by atoms with E-state index in [1.54, 1.807) is 43.0 Å². The average Bonchev–Trinajstić information content (AvgIpc) is 1.51. The van der Waals surface area contributed by atoms with Crippen molar-refractivity contribution >= 4 is 202 Å². The number of nitrogen functional groups attached to an aromatic ring is 4. The van der Waals surface area contributed by atoms with Crippen LogP contribution in [0.25, 0.3) is 22.6 Å². The summed E-state index contributed by atoms with van der Waals surface area (Å²) >= 11 is 35.4. The molecule has 4 saturated carbocycles. The monoisotopic (exact) mass is 2100 g/mol. The number of nitrogens with two attached hydrogens (primary N) is 6. The van der Waals surface area contributed by atoms with Crippen molar-refractivity contribution in [1.82, 2.24) is 86.9 Å². The molecule has 8 fully saturated rings. The number of imidazole rings is 4. The van der Waals surface area contributed by atoms with Crippen molar-refractivity contribution in [2.45, 2.75) is 238 Å². The second kappa shape index (κ2) is 42.4. The number of fused-ring (bicyclic) bond motifs is 4. The second-order valence-corrected chi connectivity index (χ2v) is 47.1. The van der Waals surface area contributed by atoms with Gasteiger partial charge >= 0.3 is 29.6 Å². The first-order valence-corrected chi connectivity index (χ1v) is 51.9. The Kier molecular flexibility index (Phi) is 32.1. The number of rotatable bonds is 14. The normalized spacial score (nSPS) is 20.6. The predicted molar refractivity (Wildman–Crippen MR) is 529 cm³/mol. The van der Waals surface area contributed by atoms with Crippen molar-refractivity contribution in [3.05, 3.63) is 147 Å². The molecule has 712 valence electrons. The summed E-state index contributed by atoms with van der Waals surface area (Å²) in [6.45, 7) is 19.2. The van der Waals surface area contributed by atoms with Crippen LogP contribution < -0.4 is 93.0 Å². The summed E-state index contributed by atoms with van der Waals surface area (Å²) in [5.41, 5.74) is 41.8. The molecule has 0 radical (unpaired) electrons. The Bertz CT molecular complexity index is 6090. The third-order valence-electron chi connectivity index (χ3n) is 27.5. The van der Waals surface area contributed by atoms with E-state index in [9.17, 15) is 26.0 Å². The van der Waals surface area contributed by atoms with Gasteiger partial charge in [-0.15, -0.1) is 0 Å². The molecule has 4 aliphatic carbocycles. The zero-order chi connectivity index (χ0) is 94.4. The average molecular weight is 2100 g/mol. The summed E-state index contributed by atoms with van der Waals surface area (Å²) < 4.78 is 94.1. The molecule has 30 nitrogen and oxygen atoms in total. The molecule has 0 bridgehead atoms. The van der Waals surface area contributed by atoms with Gasteiger partial charge < -0.3 is 66.6 Å². The van der Waals surface area contributed by atoms with Gasteiger partial charge in [-0.1, -0.05) is 113 Å². The van der Waals surface area contributed by atoms with Crippen LogP contribution in [0.5, 0.6) is 0 Å². The molecule has 0 unspecified atom stereocenters. The van der Waals surface area contributed by atoms with E-state index in [2.05, 4.69) is 102 Å². The Balaban J connectivity index is 0.000000132. The maximum atomic E-state index is 13.9. The molecule has 20 rings (SSSR count). The molecule has 12 aromatic rings. The van der Waals surface area contributed by atoms with Gasteiger partial charge in [0.1, 0.15) is 42.8 Å². The summed E-state index contributed by atoms with van der Waals surface area (Å²) in [4.78, 5) is 63.5. The Morgan fingerprint density at radius 3 is 0.963 bits per heavy atom. The first kappa shape index (κ1) is 102. The van der Waals surface area contributed by atoms with E-state index in [-0.39, 0.29) is 86.8 Å². The van der Waals surface area contributed by atoms with Crippen molar-refractivity contribution in [3.63, 3.8) is 0 Å². The predicted octanol–water partition coefficient (Wildman–Crippen LogP) is 14.4. The Morgan fingerprint density at radius 1 is 0.403 bits per heavy atom. The molecule has 46 heteroatoms. The summed E-state index contributed by atoms with van der Waals surface area (Å²) in [7, 11) is -2.11. The van der Waals surface area contributed by atoms with Crippen molar-refractivity contribution in [1.29, 1.82) is 0 Å². The Morgan fingerprint density at radius 2 is 0.672 bits per heavy atom. The zero-order valence-electron chi connectivity index (χ0n) is 75.4. The topological polar surface area (TPSA) is 400 Å². The van der Waals surface area contributed by atoms with Gasteiger partial charge in [0.25, 0.3) is 0 Å². The van der Waals surface area contributed by atoms with Gasteiger partial charge in [-0.25, -0.2) is 57.7 Å². The summed E-state index contributed by atoms with van der Waals surface area (Å²) in [6, 6.07) is 7.61. The van der Waals surface area contributed by atoms with Gasteiger partial charge in [0.15, 0.2) is 22.6 Å². The first-order chi connectivity index (χ1) is 63.5. The molecule has 4 aliphatic heterocycles. The number of nitrogens with one attached hydrogen (secondary N) is 2. The molecule has 4 saturated heterocycles. The molecule has 12 aromatic heterocycles. The first-order valence-electron chi connectivity index (χ1n) is 44.4. The third-order valence-corrected chi connectivity index (χ3v) is 37.1. The van der Waals surface area contributed by atoms with Crippen molar-refractivity contribution in [3.8, 4) is 0 Å². The van der Waals surface area contributed by atoms with Gasteiger partial charge in [-0.2, -0.15) is 42.4 Å². The smallest absolute Gasteiger partial charge is 0.778 e. The van der Waals surface area contributed by atoms with Crippen LogP contribution >= 0.6 is 97.6 Å². The van der Waals surface area contributed by atoms with Gasteiger partial charge in [-0.3, -0.25) is 17.6 Å². The molecule has 14 N–H and O–H groups in total. The molecule has 16 heterocycles. The molecular weight excluding hydrogens is 1990 g/mol. The number of pyridine rings is 4. The SMILES string of the molecule is CC(C)(C)[S@@](=O)N[C@@H]1CCCC12CCN(c1nc(N)c(Br)c3nccn13)CC2.CC(C)(C)[S@@](=O)N[C@@H]1CCCC12CCN(c1nc(N)c(Sc3ccnc(F)c3Cl)c3nccn13)CC2.Fc1nccc([S-])c1Cl.Nc1nc(N2CCC3(CCC[C@H]3N)CC2)n2ccnc2c1Sc1ccnc(F)c1Cl.Nc1nc(N2CCC3(CCC[C@H]3N)CC2)n2ccnc2c1Sc1ccnc(F)c1Cl.[Na+]. The summed E-state index contributed by atoms with van der Waals surface area (Å²) in [5.74, 6) is 1.78. The van der Waals surface area contributed by atoms with Crippen LogP contribution in [0.3, 0.4) is 0 Å². The van der Waals surface area contributed by atoms with Gasteiger partial charge in [0, 0.05) is 166 Å². The molecule has 8 aliphatic rings. The van der Waals surface area contributed by atoms with Crippen molar-refractivity contribution in [2.75, 3.05) is 94.9 Å². The van der Waals surface area contributed by atoms with Crippen LogP contribution in [0, 0.1) is 45.5 Å². The Labute approximate surface area is 849 Å². The van der Waals surface area contributed by atoms with Gasteiger partial charge in [0.2, 0.25) is 47.6 Å². The second-order valence-electron chi connectivity index (χ2n) is 37.2. The number of piperidine rings is 4. The standard InChI is InChI=1S/C24H31ClFN7OS2.2C20H23ClFN7S.C19H29BrN6OS.C5H3ClFNS.Na/c1-23(2,3)36(34)31-16-5-4-7-24(16)8-12-32(13-9-24)22-30-20(27)18(21-29-11-14-33(21)22)35-15-6-10-28-19(26)17(15)25;2*21-14-12(3-7-25-16(14)22)30-15-17(24)27-19(29-11-8-26-18(15)29)28-9-5-20(6-10-28)4-1-2-13(20)23;1-18(2,3)28(27)24-13-5-4-6-19(13)7-10-25(11-8-19)17-23-15(21)14(20)16-22-9-12-26(16)17;6-4-3(9)1-2-8-5(4)7;/h6,10-11,14,16,31H,4-5,7-9,12-13,27H2,1-3H3;2*3,7-8,11,13H,1-2,4-6,9-10,23-24H2;9,12-13,24H,4-8,10-11,21H2,1-3H3;1-2H,(H,8,9);/q;;;;;+1/p-1/t16-,36-;2*13-;13-,28-;;/m1111../s1. The molecule has 0 amide bonds. The number of halogens is 9. The third kappa shape index (κ3) is 21.3. The summed E-state index contributed by atoms with van der Waals surface area (Å²) in [5, 5.41) is -0.202. The number of nitrogens with zero attached hydrogens (tertiary/aromatic N) is 20. The van der Waals surface area contributed by atoms with Crippen LogP contribution in [0.15, 0.2) is 137 Å². The quantitative estimate of drug-likeness (QED) is 0.0217. The fraction of sp³-hybridized carbons (Fsp3) is 0.500. The van der Waals surface area contributed by atoms with E-state index >= 15 is 0 Å². The van der Waals surface area contributed by atoms with Gasteiger partial charge in [0.05, 0.1) is 51.2 Å². The molecule has 0 aromatic carbocycles. The van der Waals surface area contributed by atoms with E-state index in [1.807, 2.05) is 83.9 Å². The fourth-order valence-electron chi connectivity index (χ4n) is 19.8. The van der Waals surface area contributed by atoms with E-state index in [1.165, 1.54) is 105 Å². The fourth-order valence-corrected chi connectivity index (χ4v) is 25.9. The van der Waals surface area contributed by atoms with Crippen molar-refractivity contribution < 1.29 is 55.5 Å². The largest absolute Gasteiger partial charge is 1.00 e. The summed E-state index contributed by atoms with van der Waals surface area (Å²) in [6.07, 6.45) is 42.3. The minimum Gasteiger partial charge on any atom is -0.778 e. The Hall–Kier alpha value is -6.75. The van der Waals surface area contributed by atoms with E-state index < -0.39 is 45.8 Å². The van der Waals surface area contributed by atoms with Gasteiger partial charge in [-0.05, 0) is 200 Å². The zero-order valence-corrected chi connectivity index (χ0v) is 86.9. The van der Waals surface area contributed by atoms with Crippen LogP contribution in [0.2, 0.25) is 20.1 Å². The maximum absolute atomic E-state index is 13.9. The maximum Gasteiger partial charge on any atom is 1.00 e. The van der Waals surface area contributed by atoms with Crippen LogP contribution in [-0.2, 0) is 34.6 Å². The number of aromatic nitrogens is 16. The van der Waals surface area contributed by atoms with E-state index in [0.717, 1.165) is 176 Å². The van der Waals surface area contributed by atoms with Crippen LogP contribution in [0.1, 0.15) is 170 Å². The number of hydrogen-bond donors (Lipinski definition) is 8. The molecule has 4 spiro atoms. The molecule has 134 heavy (non-hydrogen) atoms. The van der Waals surface area contributed by atoms with Crippen LogP contribution in [-0.4, -0.2) is 172 Å². The number of hydrogen-bond acceptors (Lipinski definition) is 28. The van der Waals surface area contributed by atoms with E-state index in [0.29, 0.717) is 92.6 Å². The molecular formula is C88H108BrCl4F4N28NaO2S6. The van der Waals surface area contributed by atoms with Crippen molar-refractivity contribution in [2.24, 2.45) is 33.1 Å². The number of anilines is 8. The van der Waals surface area contributed by atoms with E-state index in [4.69, 9.17) is 95.8 Å². The minimum absolute atomic E-state index is 0.